The first kappa shape index (κ1) is 25.7. The number of carbonyl (C=O) groups is 2. The molecule has 5 aromatic rings. The quantitative estimate of drug-likeness (QED) is 0.228. The van der Waals surface area contributed by atoms with Crippen molar-refractivity contribution in [1.82, 2.24) is 9.97 Å². The fraction of sp³-hybridized carbons (Fsp3) is 0.161. The molecule has 0 aliphatic rings. The second kappa shape index (κ2) is 11.2. The summed E-state index contributed by atoms with van der Waals surface area (Å²) in [5, 5.41) is 9.02. The lowest BCUT2D eigenvalue weighted by Gasteiger charge is -2.04. The third-order valence-corrected chi connectivity index (χ3v) is 6.26. The van der Waals surface area contributed by atoms with Crippen LogP contribution in [0, 0.1) is 13.8 Å². The number of carboxylic acid groups (broad SMARTS) is 1. The Morgan fingerprint density at radius 1 is 0.692 bits per heavy atom. The van der Waals surface area contributed by atoms with Gasteiger partial charge in [0, 0.05) is 11.1 Å². The number of benzene rings is 3. The Bertz CT molecular complexity index is 1600. The van der Waals surface area contributed by atoms with Gasteiger partial charge in [0.1, 0.15) is 18.1 Å². The Balaban J connectivity index is 1.24. The van der Waals surface area contributed by atoms with E-state index >= 15 is 0 Å². The van der Waals surface area contributed by atoms with Crippen molar-refractivity contribution in [2.45, 2.75) is 33.3 Å². The average molecular weight is 523 g/mol. The van der Waals surface area contributed by atoms with E-state index in [-0.39, 0.29) is 25.4 Å². The Hall–Kier alpha value is -4.98. The topological polar surface area (TPSA) is 116 Å². The van der Waals surface area contributed by atoms with Crippen LogP contribution in [0.4, 0.5) is 0 Å². The number of carbonyl (C=O) groups excluding carboxylic acids is 1. The normalized spacial score (nSPS) is 10.9. The molecule has 3 aromatic carbocycles. The van der Waals surface area contributed by atoms with E-state index in [4.69, 9.17) is 18.7 Å². The van der Waals surface area contributed by atoms with Crippen molar-refractivity contribution in [1.29, 1.82) is 0 Å². The van der Waals surface area contributed by atoms with Crippen LogP contribution < -0.4 is 0 Å². The molecular weight excluding hydrogens is 496 g/mol. The molecule has 1 N–H and O–H groups in total. The Morgan fingerprint density at radius 3 is 1.64 bits per heavy atom. The number of esters is 1. The van der Waals surface area contributed by atoms with Gasteiger partial charge in [0.25, 0.3) is 0 Å². The molecule has 0 aliphatic heterocycles. The average Bonchev–Trinajstić information content (AvgIpc) is 3.49. The van der Waals surface area contributed by atoms with Crippen molar-refractivity contribution >= 4 is 11.9 Å². The molecule has 196 valence electrons. The fourth-order valence-corrected chi connectivity index (χ4v) is 4.11. The second-order valence-corrected chi connectivity index (χ2v) is 9.09. The first-order valence-electron chi connectivity index (χ1n) is 12.4. The third kappa shape index (κ3) is 6.13. The number of oxazole rings is 2. The number of aromatic nitrogens is 2. The number of ether oxygens (including phenoxy) is 1. The van der Waals surface area contributed by atoms with Gasteiger partial charge in [-0.15, -0.1) is 0 Å². The molecule has 2 heterocycles. The van der Waals surface area contributed by atoms with Crippen LogP contribution in [0.2, 0.25) is 0 Å². The lowest BCUT2D eigenvalue weighted by molar-refractivity contribution is -0.144. The summed E-state index contributed by atoms with van der Waals surface area (Å²) >= 11 is 0. The molecule has 0 unspecified atom stereocenters. The standard InChI is InChI=1S/C31H26N2O6/c1-19-26(16-28(34)35)32-30(38-19)24-12-8-22(9-13-24)23-10-14-25(15-11-23)31-33-27(20(2)39-31)17-29(36)37-18-21-6-4-3-5-7-21/h3-15H,16-18H2,1-2H3,(H,34,35). The molecule has 8 nitrogen and oxygen atoms in total. The Labute approximate surface area is 224 Å². The Kier molecular flexibility index (Phi) is 7.36. The molecule has 39 heavy (non-hydrogen) atoms. The van der Waals surface area contributed by atoms with Crippen LogP contribution in [0.5, 0.6) is 0 Å². The van der Waals surface area contributed by atoms with Crippen LogP contribution in [0.15, 0.2) is 87.7 Å². The van der Waals surface area contributed by atoms with Crippen molar-refractivity contribution < 1.29 is 28.3 Å². The first-order valence-corrected chi connectivity index (χ1v) is 12.4. The minimum absolute atomic E-state index is 0.0362. The zero-order chi connectivity index (χ0) is 27.4. The van der Waals surface area contributed by atoms with Gasteiger partial charge in [0.2, 0.25) is 11.8 Å². The smallest absolute Gasteiger partial charge is 0.312 e. The fourth-order valence-electron chi connectivity index (χ4n) is 4.11. The number of rotatable bonds is 9. The monoisotopic (exact) mass is 522 g/mol. The molecule has 2 aromatic heterocycles. The largest absolute Gasteiger partial charge is 0.481 e. The van der Waals surface area contributed by atoms with Crippen molar-refractivity contribution in [3.05, 3.63) is 107 Å². The number of hydrogen-bond donors (Lipinski definition) is 1. The van der Waals surface area contributed by atoms with E-state index in [1.165, 1.54) is 0 Å². The first-order chi connectivity index (χ1) is 18.9. The maximum absolute atomic E-state index is 12.3. The Morgan fingerprint density at radius 2 is 1.15 bits per heavy atom. The van der Waals surface area contributed by atoms with Crippen molar-refractivity contribution in [2.24, 2.45) is 0 Å². The second-order valence-electron chi connectivity index (χ2n) is 9.09. The molecule has 5 rings (SSSR count). The molecule has 0 bridgehead atoms. The van der Waals surface area contributed by atoms with Gasteiger partial charge in [-0.05, 0) is 54.8 Å². The third-order valence-electron chi connectivity index (χ3n) is 6.26. The molecule has 0 fully saturated rings. The van der Waals surface area contributed by atoms with Crippen LogP contribution in [0.25, 0.3) is 34.0 Å². The number of aryl methyl sites for hydroxylation is 2. The van der Waals surface area contributed by atoms with Crippen molar-refractivity contribution in [2.75, 3.05) is 0 Å². The summed E-state index contributed by atoms with van der Waals surface area (Å²) in [7, 11) is 0. The van der Waals surface area contributed by atoms with Gasteiger partial charge in [-0.3, -0.25) is 9.59 Å². The maximum atomic E-state index is 12.3. The number of aliphatic carboxylic acids is 1. The minimum atomic E-state index is -0.950. The van der Waals surface area contributed by atoms with Gasteiger partial charge < -0.3 is 18.7 Å². The molecule has 0 atom stereocenters. The van der Waals surface area contributed by atoms with Crippen LogP contribution >= 0.6 is 0 Å². The van der Waals surface area contributed by atoms with Gasteiger partial charge >= 0.3 is 11.9 Å². The molecule has 0 spiro atoms. The predicted octanol–water partition coefficient (Wildman–Crippen LogP) is 6.19. The van der Waals surface area contributed by atoms with Crippen LogP contribution in [-0.2, 0) is 33.8 Å². The predicted molar refractivity (Wildman–Crippen MR) is 144 cm³/mol. The van der Waals surface area contributed by atoms with Gasteiger partial charge in [-0.2, -0.15) is 0 Å². The SMILES string of the molecule is Cc1oc(-c2ccc(-c3ccc(-c4nc(CC(=O)OCc5ccccc5)c(C)o4)cc3)cc2)nc1CC(=O)O. The van der Waals surface area contributed by atoms with E-state index in [0.717, 1.165) is 27.8 Å². The highest BCUT2D eigenvalue weighted by molar-refractivity contribution is 5.73. The van der Waals surface area contributed by atoms with E-state index in [9.17, 15) is 9.59 Å². The molecule has 0 amide bonds. The van der Waals surface area contributed by atoms with E-state index in [1.807, 2.05) is 78.9 Å². The summed E-state index contributed by atoms with van der Waals surface area (Å²) in [5.41, 5.74) is 5.44. The molecule has 8 heteroatoms. The summed E-state index contributed by atoms with van der Waals surface area (Å²) in [5.74, 6) is 0.602. The van der Waals surface area contributed by atoms with E-state index in [2.05, 4.69) is 9.97 Å². The van der Waals surface area contributed by atoms with Gasteiger partial charge in [0.15, 0.2) is 0 Å². The molecule has 0 radical (unpaired) electrons. The summed E-state index contributed by atoms with van der Waals surface area (Å²) in [6.45, 7) is 3.71. The highest BCUT2D eigenvalue weighted by Gasteiger charge is 2.17. The molecule has 0 saturated carbocycles. The van der Waals surface area contributed by atoms with E-state index < -0.39 is 5.97 Å². The van der Waals surface area contributed by atoms with Crippen molar-refractivity contribution in [3.63, 3.8) is 0 Å². The summed E-state index contributed by atoms with van der Waals surface area (Å²) < 4.78 is 16.9. The summed E-state index contributed by atoms with van der Waals surface area (Å²) in [6.07, 6.45) is -0.141. The number of carboxylic acids is 1. The van der Waals surface area contributed by atoms with Crippen LogP contribution in [-0.4, -0.2) is 27.0 Å². The van der Waals surface area contributed by atoms with E-state index in [1.54, 1.807) is 13.8 Å². The highest BCUT2D eigenvalue weighted by atomic mass is 16.5. The zero-order valence-electron chi connectivity index (χ0n) is 21.5. The van der Waals surface area contributed by atoms with Crippen LogP contribution in [0.1, 0.15) is 28.5 Å². The number of hydrogen-bond acceptors (Lipinski definition) is 7. The van der Waals surface area contributed by atoms with Crippen molar-refractivity contribution in [3.8, 4) is 34.0 Å². The zero-order valence-corrected chi connectivity index (χ0v) is 21.5. The summed E-state index contributed by atoms with van der Waals surface area (Å²) in [6, 6.07) is 25.0. The lowest BCUT2D eigenvalue weighted by Crippen LogP contribution is -2.09. The highest BCUT2D eigenvalue weighted by Crippen LogP contribution is 2.29. The number of nitrogens with zero attached hydrogens (tertiary/aromatic N) is 2. The van der Waals surface area contributed by atoms with Gasteiger partial charge in [-0.25, -0.2) is 9.97 Å². The molecule has 0 aliphatic carbocycles. The van der Waals surface area contributed by atoms with Gasteiger partial charge in [-0.1, -0.05) is 54.6 Å². The minimum Gasteiger partial charge on any atom is -0.481 e. The maximum Gasteiger partial charge on any atom is 0.312 e. The molecule has 0 saturated heterocycles. The lowest BCUT2D eigenvalue weighted by atomic mass is 10.0. The molecular formula is C31H26N2O6. The summed E-state index contributed by atoms with van der Waals surface area (Å²) in [4.78, 5) is 32.2. The van der Waals surface area contributed by atoms with E-state index in [0.29, 0.717) is 34.7 Å². The van der Waals surface area contributed by atoms with Crippen LogP contribution in [0.3, 0.4) is 0 Å². The van der Waals surface area contributed by atoms with Gasteiger partial charge in [0.05, 0.1) is 24.2 Å².